The molecule has 0 aliphatic carbocycles. The van der Waals surface area contributed by atoms with Crippen LogP contribution in [0.25, 0.3) is 22.3 Å². The Kier molecular flexibility index (Phi) is 4.16. The van der Waals surface area contributed by atoms with Crippen LogP contribution in [0.3, 0.4) is 0 Å². The number of nitrogens with zero attached hydrogens (tertiary/aromatic N) is 2. The van der Waals surface area contributed by atoms with Gasteiger partial charge in [-0.05, 0) is 12.1 Å². The predicted octanol–water partition coefficient (Wildman–Crippen LogP) is 0.819. The molecular formula is C17H14N3O3-. The molecule has 6 heteroatoms. The number of carbonyl (C=O) groups excluding carboxylic acids is 1. The summed E-state index contributed by atoms with van der Waals surface area (Å²) >= 11 is 0. The van der Waals surface area contributed by atoms with E-state index in [0.717, 1.165) is 5.56 Å². The van der Waals surface area contributed by atoms with Crippen LogP contribution in [0, 0.1) is 0 Å². The Hall–Kier alpha value is -2.99. The van der Waals surface area contributed by atoms with E-state index in [4.69, 9.17) is 0 Å². The Morgan fingerprint density at radius 1 is 1.09 bits per heavy atom. The molecule has 0 spiro atoms. The fraction of sp³-hybridized carbons (Fsp3) is 0.118. The number of carbonyl (C=O) groups is 1. The lowest BCUT2D eigenvalue weighted by Gasteiger charge is -2.19. The van der Waals surface area contributed by atoms with Crippen molar-refractivity contribution in [2.45, 2.75) is 6.04 Å². The van der Waals surface area contributed by atoms with Gasteiger partial charge in [-0.15, -0.1) is 0 Å². The van der Waals surface area contributed by atoms with E-state index >= 15 is 0 Å². The van der Waals surface area contributed by atoms with Gasteiger partial charge >= 0.3 is 0 Å². The lowest BCUT2D eigenvalue weighted by atomic mass is 10.1. The maximum Gasteiger partial charge on any atom is 0.162 e. The number of carboxylic acid groups (broad SMARTS) is 1. The maximum absolute atomic E-state index is 11.0. The van der Waals surface area contributed by atoms with Crippen molar-refractivity contribution in [1.29, 1.82) is 0 Å². The molecule has 3 aromatic rings. The van der Waals surface area contributed by atoms with Gasteiger partial charge in [0.2, 0.25) is 0 Å². The number of hydrogen-bond donors (Lipinski definition) is 2. The Balaban J connectivity index is 2.13. The number of fused-ring (bicyclic) bond motifs is 1. The van der Waals surface area contributed by atoms with Crippen LogP contribution in [0.5, 0.6) is 0 Å². The quantitative estimate of drug-likeness (QED) is 0.724. The largest absolute Gasteiger partial charge is 0.548 e. The second-order valence-electron chi connectivity index (χ2n) is 4.98. The molecular weight excluding hydrogens is 294 g/mol. The zero-order chi connectivity index (χ0) is 16.2. The van der Waals surface area contributed by atoms with Crippen molar-refractivity contribution < 1.29 is 15.0 Å². The van der Waals surface area contributed by atoms with E-state index in [-0.39, 0.29) is 0 Å². The number of nitrogens with one attached hydrogen (secondary N) is 1. The van der Waals surface area contributed by atoms with Gasteiger partial charge in [-0.2, -0.15) is 0 Å². The number of hydrogen-bond acceptors (Lipinski definition) is 6. The molecule has 116 valence electrons. The van der Waals surface area contributed by atoms with Gasteiger partial charge in [-0.3, -0.25) is 0 Å². The topological polar surface area (TPSA) is 98.2 Å². The number of aliphatic hydroxyl groups excluding tert-OH is 1. The fourth-order valence-electron chi connectivity index (χ4n) is 2.25. The van der Waals surface area contributed by atoms with Crippen molar-refractivity contribution in [1.82, 2.24) is 9.97 Å². The molecule has 0 radical (unpaired) electrons. The second-order valence-corrected chi connectivity index (χ2v) is 4.98. The van der Waals surface area contributed by atoms with Crippen LogP contribution in [0.4, 0.5) is 5.82 Å². The highest BCUT2D eigenvalue weighted by atomic mass is 16.4. The number of benzene rings is 2. The molecule has 0 aliphatic rings. The first-order valence-electron chi connectivity index (χ1n) is 7.09. The fourth-order valence-corrected chi connectivity index (χ4v) is 2.25. The predicted molar refractivity (Wildman–Crippen MR) is 84.5 cm³/mol. The number of aromatic nitrogens is 2. The summed E-state index contributed by atoms with van der Waals surface area (Å²) in [4.78, 5) is 20.0. The first-order chi connectivity index (χ1) is 11.2. The van der Waals surface area contributed by atoms with Crippen molar-refractivity contribution in [2.24, 2.45) is 0 Å². The summed E-state index contributed by atoms with van der Waals surface area (Å²) in [5.74, 6) is -0.573. The zero-order valence-corrected chi connectivity index (χ0v) is 12.1. The third kappa shape index (κ3) is 3.12. The smallest absolute Gasteiger partial charge is 0.162 e. The molecule has 2 aromatic carbocycles. The molecule has 1 heterocycles. The number of rotatable bonds is 5. The minimum atomic E-state index is -1.39. The molecule has 0 saturated carbocycles. The molecule has 6 nitrogen and oxygen atoms in total. The van der Waals surface area contributed by atoms with Gasteiger partial charge in [0.1, 0.15) is 5.82 Å². The molecule has 0 fully saturated rings. The first-order valence-corrected chi connectivity index (χ1v) is 7.09. The summed E-state index contributed by atoms with van der Waals surface area (Å²) in [7, 11) is 0. The average Bonchev–Trinajstić information content (AvgIpc) is 2.59. The first kappa shape index (κ1) is 14.9. The molecule has 2 N–H and O–H groups in total. The highest BCUT2D eigenvalue weighted by Gasteiger charge is 2.14. The van der Waals surface area contributed by atoms with Gasteiger partial charge in [0.05, 0.1) is 24.1 Å². The molecule has 0 bridgehead atoms. The van der Waals surface area contributed by atoms with Gasteiger partial charge in [-0.25, -0.2) is 9.97 Å². The normalized spacial score (nSPS) is 12.0. The Morgan fingerprint density at radius 3 is 2.48 bits per heavy atom. The summed E-state index contributed by atoms with van der Waals surface area (Å²) in [5, 5.41) is 23.6. The maximum atomic E-state index is 11.0. The summed E-state index contributed by atoms with van der Waals surface area (Å²) in [6, 6.07) is 15.4. The van der Waals surface area contributed by atoms with E-state index < -0.39 is 18.6 Å². The third-order valence-electron chi connectivity index (χ3n) is 3.41. The van der Waals surface area contributed by atoms with Crippen LogP contribution in [0.1, 0.15) is 0 Å². The summed E-state index contributed by atoms with van der Waals surface area (Å²) < 4.78 is 0. The van der Waals surface area contributed by atoms with Crippen molar-refractivity contribution in [3.8, 4) is 11.4 Å². The Labute approximate surface area is 132 Å². The highest BCUT2D eigenvalue weighted by molar-refractivity contribution is 5.92. The van der Waals surface area contributed by atoms with E-state index in [1.165, 1.54) is 0 Å². The van der Waals surface area contributed by atoms with E-state index in [2.05, 4.69) is 15.3 Å². The second kappa shape index (κ2) is 6.41. The number of aliphatic hydroxyl groups is 1. The number of para-hydroxylation sites is 1. The van der Waals surface area contributed by atoms with E-state index in [0.29, 0.717) is 22.5 Å². The van der Waals surface area contributed by atoms with Gasteiger partial charge in [0, 0.05) is 10.9 Å². The number of aliphatic carboxylic acids is 1. The Bertz CT molecular complexity index is 837. The number of carboxylic acids is 1. The molecule has 1 aromatic heterocycles. The summed E-state index contributed by atoms with van der Waals surface area (Å²) in [6.45, 7) is -0.596. The van der Waals surface area contributed by atoms with Crippen molar-refractivity contribution >= 4 is 22.7 Å². The van der Waals surface area contributed by atoms with Crippen molar-refractivity contribution in [2.75, 3.05) is 11.9 Å². The highest BCUT2D eigenvalue weighted by Crippen LogP contribution is 2.25. The number of anilines is 1. The molecule has 0 saturated heterocycles. The summed E-state index contributed by atoms with van der Waals surface area (Å²) in [5.41, 5.74) is 1.49. The van der Waals surface area contributed by atoms with Crippen molar-refractivity contribution in [3.63, 3.8) is 0 Å². The SMILES string of the molecule is O=C([O-])C(CO)Nc1nc(-c2ccccc2)nc2ccccc12. The average molecular weight is 308 g/mol. The molecule has 0 aliphatic heterocycles. The lowest BCUT2D eigenvalue weighted by Crippen LogP contribution is -2.43. The molecule has 23 heavy (non-hydrogen) atoms. The van der Waals surface area contributed by atoms with Gasteiger partial charge < -0.3 is 20.3 Å². The van der Waals surface area contributed by atoms with Crippen LogP contribution >= 0.6 is 0 Å². The molecule has 1 unspecified atom stereocenters. The van der Waals surface area contributed by atoms with Gasteiger partial charge in [0.15, 0.2) is 5.82 Å². The molecule has 1 atom stereocenters. The van der Waals surface area contributed by atoms with Crippen LogP contribution in [0.2, 0.25) is 0 Å². The minimum Gasteiger partial charge on any atom is -0.548 e. The third-order valence-corrected chi connectivity index (χ3v) is 3.41. The molecule has 3 rings (SSSR count). The van der Waals surface area contributed by atoms with E-state index in [1.54, 1.807) is 6.07 Å². The Morgan fingerprint density at radius 2 is 1.78 bits per heavy atom. The van der Waals surface area contributed by atoms with Crippen LogP contribution in [-0.4, -0.2) is 33.7 Å². The monoisotopic (exact) mass is 308 g/mol. The van der Waals surface area contributed by atoms with Crippen LogP contribution in [0.15, 0.2) is 54.6 Å². The van der Waals surface area contributed by atoms with E-state index in [9.17, 15) is 15.0 Å². The summed E-state index contributed by atoms with van der Waals surface area (Å²) in [6.07, 6.45) is 0. The standard InChI is InChI=1S/C17H15N3O3/c21-10-14(17(22)23)19-16-12-8-4-5-9-13(12)18-15(20-16)11-6-2-1-3-7-11/h1-9,14,21H,10H2,(H,22,23)(H,18,19,20)/p-1. The van der Waals surface area contributed by atoms with Crippen LogP contribution < -0.4 is 10.4 Å². The van der Waals surface area contributed by atoms with Crippen LogP contribution in [-0.2, 0) is 4.79 Å². The zero-order valence-electron chi connectivity index (χ0n) is 12.1. The molecule has 0 amide bonds. The van der Waals surface area contributed by atoms with Gasteiger partial charge in [0.25, 0.3) is 0 Å². The lowest BCUT2D eigenvalue weighted by molar-refractivity contribution is -0.307. The van der Waals surface area contributed by atoms with E-state index in [1.807, 2.05) is 48.5 Å². The van der Waals surface area contributed by atoms with Crippen molar-refractivity contribution in [3.05, 3.63) is 54.6 Å². The minimum absolute atomic E-state index is 0.345. The van der Waals surface area contributed by atoms with Gasteiger partial charge in [-0.1, -0.05) is 42.5 Å².